The standard InChI is InChI=1S/C20H17FN2O6/c1-27-15-9-8-11(16(28-2)17(15)29-3)10-12-18(24)22-20(26)23(19(12)25)14-7-5-4-6-13(14)21/h4-10H,1-3H3,(H,22,24,26)/b12-10-. The molecule has 1 N–H and O–H groups in total. The van der Waals surface area contributed by atoms with Crippen LogP contribution in [0.25, 0.3) is 6.08 Å². The quantitative estimate of drug-likeness (QED) is 0.612. The lowest BCUT2D eigenvalue weighted by Gasteiger charge is -2.26. The summed E-state index contributed by atoms with van der Waals surface area (Å²) in [4.78, 5) is 38.0. The summed E-state index contributed by atoms with van der Waals surface area (Å²) in [5, 5.41) is 2.04. The Kier molecular flexibility index (Phi) is 5.49. The first-order valence-electron chi connectivity index (χ1n) is 8.37. The van der Waals surface area contributed by atoms with Gasteiger partial charge in [0, 0.05) is 5.56 Å². The number of hydrogen-bond donors (Lipinski definition) is 1. The molecule has 2 aromatic rings. The molecule has 4 amide bonds. The number of ether oxygens (including phenoxy) is 3. The number of benzene rings is 2. The first-order chi connectivity index (χ1) is 13.9. The highest BCUT2D eigenvalue weighted by Crippen LogP contribution is 2.40. The van der Waals surface area contributed by atoms with E-state index in [0.29, 0.717) is 16.2 Å². The zero-order valence-electron chi connectivity index (χ0n) is 15.8. The first kappa shape index (κ1) is 19.9. The van der Waals surface area contributed by atoms with Crippen LogP contribution >= 0.6 is 0 Å². The summed E-state index contributed by atoms with van der Waals surface area (Å²) in [6.45, 7) is 0. The monoisotopic (exact) mass is 400 g/mol. The van der Waals surface area contributed by atoms with Gasteiger partial charge in [-0.3, -0.25) is 14.9 Å². The van der Waals surface area contributed by atoms with E-state index in [9.17, 15) is 18.8 Å². The fourth-order valence-corrected chi connectivity index (χ4v) is 2.90. The minimum absolute atomic E-state index is 0.217. The fraction of sp³-hybridized carbons (Fsp3) is 0.150. The van der Waals surface area contributed by atoms with Crippen LogP contribution in [0.4, 0.5) is 14.9 Å². The minimum Gasteiger partial charge on any atom is -0.493 e. The molecule has 0 bridgehead atoms. The number of carbonyl (C=O) groups is 3. The second-order valence-corrected chi connectivity index (χ2v) is 5.83. The van der Waals surface area contributed by atoms with Gasteiger partial charge in [0.25, 0.3) is 11.8 Å². The molecule has 0 radical (unpaired) electrons. The molecule has 2 aromatic carbocycles. The smallest absolute Gasteiger partial charge is 0.336 e. The number of amides is 4. The predicted octanol–water partition coefficient (Wildman–Crippen LogP) is 2.52. The number of imide groups is 2. The second kappa shape index (κ2) is 8.01. The van der Waals surface area contributed by atoms with Crippen molar-refractivity contribution in [2.24, 2.45) is 0 Å². The second-order valence-electron chi connectivity index (χ2n) is 5.83. The lowest BCUT2D eigenvalue weighted by molar-refractivity contribution is -0.122. The van der Waals surface area contributed by atoms with Crippen molar-refractivity contribution < 1.29 is 33.0 Å². The van der Waals surface area contributed by atoms with Gasteiger partial charge in [0.2, 0.25) is 5.75 Å². The van der Waals surface area contributed by atoms with Crippen LogP contribution in [0.2, 0.25) is 0 Å². The van der Waals surface area contributed by atoms with Gasteiger partial charge >= 0.3 is 6.03 Å². The van der Waals surface area contributed by atoms with E-state index >= 15 is 0 Å². The van der Waals surface area contributed by atoms with Gasteiger partial charge in [-0.25, -0.2) is 14.1 Å². The van der Waals surface area contributed by atoms with E-state index in [4.69, 9.17) is 14.2 Å². The van der Waals surface area contributed by atoms with Gasteiger partial charge in [-0.1, -0.05) is 12.1 Å². The Balaban J connectivity index is 2.12. The Morgan fingerprint density at radius 1 is 0.931 bits per heavy atom. The lowest BCUT2D eigenvalue weighted by atomic mass is 10.0. The van der Waals surface area contributed by atoms with Crippen molar-refractivity contribution in [2.75, 3.05) is 26.2 Å². The molecule has 0 aliphatic carbocycles. The molecule has 0 aromatic heterocycles. The highest BCUT2D eigenvalue weighted by Gasteiger charge is 2.38. The van der Waals surface area contributed by atoms with Gasteiger partial charge in [-0.05, 0) is 30.3 Å². The van der Waals surface area contributed by atoms with Crippen molar-refractivity contribution in [1.29, 1.82) is 0 Å². The average molecular weight is 400 g/mol. The minimum atomic E-state index is -1.04. The zero-order chi connectivity index (χ0) is 21.1. The highest BCUT2D eigenvalue weighted by molar-refractivity contribution is 6.39. The first-order valence-corrected chi connectivity index (χ1v) is 8.37. The van der Waals surface area contributed by atoms with Crippen molar-refractivity contribution >= 4 is 29.6 Å². The van der Waals surface area contributed by atoms with Crippen LogP contribution in [-0.4, -0.2) is 39.2 Å². The number of carbonyl (C=O) groups excluding carboxylic acids is 3. The third kappa shape index (κ3) is 3.49. The molecule has 0 spiro atoms. The molecule has 0 saturated carbocycles. The van der Waals surface area contributed by atoms with Crippen molar-refractivity contribution in [3.63, 3.8) is 0 Å². The van der Waals surface area contributed by atoms with E-state index in [0.717, 1.165) is 6.07 Å². The predicted molar refractivity (Wildman–Crippen MR) is 101 cm³/mol. The summed E-state index contributed by atoms with van der Waals surface area (Å²) in [5.41, 5.74) is -0.322. The van der Waals surface area contributed by atoms with E-state index in [1.165, 1.54) is 45.6 Å². The van der Waals surface area contributed by atoms with E-state index in [2.05, 4.69) is 0 Å². The largest absolute Gasteiger partial charge is 0.493 e. The summed E-state index contributed by atoms with van der Waals surface area (Å²) in [6.07, 6.45) is 1.23. The molecule has 29 heavy (non-hydrogen) atoms. The third-order valence-electron chi connectivity index (χ3n) is 4.23. The number of halogens is 1. The zero-order valence-corrected chi connectivity index (χ0v) is 15.8. The van der Waals surface area contributed by atoms with Gasteiger partial charge in [0.15, 0.2) is 11.5 Å². The van der Waals surface area contributed by atoms with Crippen LogP contribution in [0.5, 0.6) is 17.2 Å². The summed E-state index contributed by atoms with van der Waals surface area (Å²) in [7, 11) is 4.25. The van der Waals surface area contributed by atoms with Crippen LogP contribution in [0.1, 0.15) is 5.56 Å². The molecule has 1 heterocycles. The SMILES string of the molecule is COc1ccc(/C=C2/C(=O)NC(=O)N(c3ccccc3F)C2=O)c(OC)c1OC. The molecular formula is C20H17FN2O6. The van der Waals surface area contributed by atoms with Gasteiger partial charge < -0.3 is 14.2 Å². The summed E-state index contributed by atoms with van der Waals surface area (Å²) in [6, 6.07) is 7.33. The molecule has 1 aliphatic heterocycles. The summed E-state index contributed by atoms with van der Waals surface area (Å²) in [5.74, 6) is -1.81. The fourth-order valence-electron chi connectivity index (χ4n) is 2.90. The molecule has 3 rings (SSSR count). The van der Waals surface area contributed by atoms with Crippen LogP contribution < -0.4 is 24.4 Å². The number of para-hydroxylation sites is 1. The van der Waals surface area contributed by atoms with Crippen LogP contribution in [0.15, 0.2) is 42.0 Å². The Bertz CT molecular complexity index is 1030. The molecule has 0 atom stereocenters. The number of urea groups is 1. The van der Waals surface area contributed by atoms with Crippen molar-refractivity contribution in [1.82, 2.24) is 5.32 Å². The molecule has 1 aliphatic rings. The van der Waals surface area contributed by atoms with Gasteiger partial charge in [0.05, 0.1) is 27.0 Å². The molecule has 1 fully saturated rings. The Labute approximate surface area is 165 Å². The van der Waals surface area contributed by atoms with E-state index in [1.54, 1.807) is 12.1 Å². The van der Waals surface area contributed by atoms with Crippen LogP contribution in [-0.2, 0) is 9.59 Å². The molecule has 8 nitrogen and oxygen atoms in total. The normalized spacial score (nSPS) is 15.4. The number of methoxy groups -OCH3 is 3. The summed E-state index contributed by atoms with van der Waals surface area (Å²) >= 11 is 0. The van der Waals surface area contributed by atoms with Gasteiger partial charge in [-0.15, -0.1) is 0 Å². The molecular weight excluding hydrogens is 383 g/mol. The molecule has 0 unspecified atom stereocenters. The number of barbiturate groups is 1. The van der Waals surface area contributed by atoms with E-state index in [1.807, 2.05) is 5.32 Å². The van der Waals surface area contributed by atoms with Crippen LogP contribution in [0, 0.1) is 5.82 Å². The third-order valence-corrected chi connectivity index (χ3v) is 4.23. The number of nitrogens with one attached hydrogen (secondary N) is 1. The lowest BCUT2D eigenvalue weighted by Crippen LogP contribution is -2.54. The summed E-state index contributed by atoms with van der Waals surface area (Å²) < 4.78 is 30.0. The Morgan fingerprint density at radius 3 is 2.24 bits per heavy atom. The Morgan fingerprint density at radius 2 is 1.62 bits per heavy atom. The Hall–Kier alpha value is -3.88. The highest BCUT2D eigenvalue weighted by atomic mass is 19.1. The van der Waals surface area contributed by atoms with Gasteiger partial charge in [0.1, 0.15) is 11.4 Å². The molecule has 150 valence electrons. The van der Waals surface area contributed by atoms with E-state index < -0.39 is 23.7 Å². The van der Waals surface area contributed by atoms with Crippen molar-refractivity contribution in [3.8, 4) is 17.2 Å². The maximum Gasteiger partial charge on any atom is 0.336 e. The average Bonchev–Trinajstić information content (AvgIpc) is 2.71. The number of nitrogens with zero attached hydrogens (tertiary/aromatic N) is 1. The number of anilines is 1. The maximum atomic E-state index is 14.1. The number of rotatable bonds is 5. The van der Waals surface area contributed by atoms with Crippen molar-refractivity contribution in [2.45, 2.75) is 0 Å². The van der Waals surface area contributed by atoms with E-state index in [-0.39, 0.29) is 22.8 Å². The van der Waals surface area contributed by atoms with Crippen molar-refractivity contribution in [3.05, 3.63) is 53.4 Å². The van der Waals surface area contributed by atoms with Crippen LogP contribution in [0.3, 0.4) is 0 Å². The van der Waals surface area contributed by atoms with Gasteiger partial charge in [-0.2, -0.15) is 0 Å². The topological polar surface area (TPSA) is 94.2 Å². The maximum absolute atomic E-state index is 14.1. The molecule has 1 saturated heterocycles. The number of hydrogen-bond acceptors (Lipinski definition) is 6. The molecule has 9 heteroatoms.